The summed E-state index contributed by atoms with van der Waals surface area (Å²) in [5.74, 6) is -0.336. The number of hydrogen-bond acceptors (Lipinski definition) is 7. The van der Waals surface area contributed by atoms with E-state index in [2.05, 4.69) is 50.3 Å². The smallest absolute Gasteiger partial charge is 0.457 e. The Bertz CT molecular complexity index is 941. The van der Waals surface area contributed by atoms with Crippen LogP contribution in [0.1, 0.15) is 213 Å². The van der Waals surface area contributed by atoms with Gasteiger partial charge in [-0.2, -0.15) is 0 Å². The molecule has 55 heavy (non-hydrogen) atoms. The molecule has 3 N–H and O–H groups in total. The molecule has 8 nitrogen and oxygen atoms in total. The van der Waals surface area contributed by atoms with Gasteiger partial charge in [-0.1, -0.05) is 172 Å². The lowest BCUT2D eigenvalue weighted by Crippen LogP contribution is -2.28. The summed E-state index contributed by atoms with van der Waals surface area (Å²) in [7, 11) is -4.28. The van der Waals surface area contributed by atoms with Crippen molar-refractivity contribution in [2.24, 2.45) is 5.73 Å². The Kier molecular flexibility index (Phi) is 42.8. The van der Waals surface area contributed by atoms with Gasteiger partial charge >= 0.3 is 13.8 Å². The van der Waals surface area contributed by atoms with Gasteiger partial charge in [0.05, 0.1) is 19.8 Å². The van der Waals surface area contributed by atoms with E-state index in [0.717, 1.165) is 38.5 Å². The maximum Gasteiger partial charge on any atom is 0.472 e. The number of rotatable bonds is 44. The van der Waals surface area contributed by atoms with Crippen molar-refractivity contribution in [3.63, 3.8) is 0 Å². The number of allylic oxidation sites excluding steroid dienone is 6. The van der Waals surface area contributed by atoms with E-state index < -0.39 is 13.9 Å². The Morgan fingerprint density at radius 2 is 0.964 bits per heavy atom. The fourth-order valence-corrected chi connectivity index (χ4v) is 7.14. The molecule has 0 saturated carbocycles. The van der Waals surface area contributed by atoms with Crippen molar-refractivity contribution in [2.75, 3.05) is 33.0 Å². The van der Waals surface area contributed by atoms with Crippen molar-refractivity contribution >= 4 is 13.8 Å². The lowest BCUT2D eigenvalue weighted by atomic mass is 10.1. The Balaban J connectivity index is 4.01. The van der Waals surface area contributed by atoms with Crippen molar-refractivity contribution in [1.82, 2.24) is 0 Å². The first kappa shape index (κ1) is 53.7. The van der Waals surface area contributed by atoms with Gasteiger partial charge in [0.15, 0.2) is 0 Å². The summed E-state index contributed by atoms with van der Waals surface area (Å²) in [4.78, 5) is 22.5. The monoisotopic (exact) mass is 798 g/mol. The van der Waals surface area contributed by atoms with Gasteiger partial charge in [0.1, 0.15) is 6.10 Å². The molecule has 0 aliphatic carbocycles. The van der Waals surface area contributed by atoms with E-state index in [1.54, 1.807) is 0 Å². The highest BCUT2D eigenvalue weighted by Gasteiger charge is 2.25. The number of unbranched alkanes of at least 4 members (excludes halogenated alkanes) is 25. The molecule has 0 aromatic rings. The van der Waals surface area contributed by atoms with Crippen molar-refractivity contribution in [2.45, 2.75) is 219 Å². The second-order valence-corrected chi connectivity index (χ2v) is 16.7. The minimum atomic E-state index is -4.28. The van der Waals surface area contributed by atoms with Crippen LogP contribution in [0.4, 0.5) is 0 Å². The lowest BCUT2D eigenvalue weighted by molar-refractivity contribution is -0.154. The third-order valence-electron chi connectivity index (χ3n) is 9.78. The molecule has 0 fully saturated rings. The van der Waals surface area contributed by atoms with Crippen LogP contribution in [0.15, 0.2) is 36.5 Å². The predicted octanol–water partition coefficient (Wildman–Crippen LogP) is 13.8. The van der Waals surface area contributed by atoms with Gasteiger partial charge in [0.25, 0.3) is 0 Å². The molecule has 9 heteroatoms. The van der Waals surface area contributed by atoms with Gasteiger partial charge in [-0.3, -0.25) is 13.8 Å². The topological polar surface area (TPSA) is 117 Å². The fraction of sp³-hybridized carbons (Fsp3) is 0.848. The maximum atomic E-state index is 12.6. The highest BCUT2D eigenvalue weighted by Crippen LogP contribution is 2.43. The number of carbonyl (C=O) groups excluding carboxylic acids is 1. The van der Waals surface area contributed by atoms with E-state index in [0.29, 0.717) is 13.0 Å². The first-order valence-electron chi connectivity index (χ1n) is 23.0. The van der Waals surface area contributed by atoms with E-state index >= 15 is 0 Å². The summed E-state index contributed by atoms with van der Waals surface area (Å²) in [6.45, 7) is 4.90. The van der Waals surface area contributed by atoms with Crippen LogP contribution in [0.5, 0.6) is 0 Å². The highest BCUT2D eigenvalue weighted by molar-refractivity contribution is 7.47. The van der Waals surface area contributed by atoms with E-state index in [4.69, 9.17) is 24.3 Å². The summed E-state index contributed by atoms with van der Waals surface area (Å²) in [5, 5.41) is 0. The van der Waals surface area contributed by atoms with Crippen molar-refractivity contribution in [1.29, 1.82) is 0 Å². The Morgan fingerprint density at radius 3 is 1.47 bits per heavy atom. The summed E-state index contributed by atoms with van der Waals surface area (Å²) < 4.78 is 33.5. The molecule has 0 aliphatic heterocycles. The second kappa shape index (κ2) is 43.8. The van der Waals surface area contributed by atoms with Gasteiger partial charge in [-0.15, -0.1) is 0 Å². The first-order valence-corrected chi connectivity index (χ1v) is 24.5. The van der Waals surface area contributed by atoms with Crippen molar-refractivity contribution in [3.8, 4) is 0 Å². The van der Waals surface area contributed by atoms with Crippen LogP contribution in [-0.4, -0.2) is 49.9 Å². The largest absolute Gasteiger partial charge is 0.472 e. The third kappa shape index (κ3) is 43.7. The van der Waals surface area contributed by atoms with Crippen LogP contribution >= 0.6 is 7.82 Å². The van der Waals surface area contributed by atoms with Crippen LogP contribution in [0, 0.1) is 0 Å². The van der Waals surface area contributed by atoms with E-state index in [9.17, 15) is 14.3 Å². The number of esters is 1. The fourth-order valence-electron chi connectivity index (χ4n) is 6.37. The summed E-state index contributed by atoms with van der Waals surface area (Å²) in [6.07, 6.45) is 50.2. The van der Waals surface area contributed by atoms with Crippen molar-refractivity contribution in [3.05, 3.63) is 36.5 Å². The standard InChI is InChI=1S/C46H88NO7P/c1-3-5-7-9-11-13-15-17-19-21-23-25-27-29-31-33-35-37-39-46(48)54-45(44-53-55(49,50)52-42-40-47)43-51-41-38-36-34-32-30-28-26-24-22-20-18-16-14-12-10-8-6-4-2/h12,14,18-21,45H,3-11,13,15-17,22-44,47H2,1-2H3,(H,49,50)/b14-12-,20-18-,21-19-. The molecular formula is C46H88NO7P. The number of hydrogen-bond donors (Lipinski definition) is 2. The molecule has 0 amide bonds. The molecule has 0 rings (SSSR count). The zero-order chi connectivity index (χ0) is 40.2. The van der Waals surface area contributed by atoms with Gasteiger partial charge in [-0.25, -0.2) is 4.57 Å². The summed E-state index contributed by atoms with van der Waals surface area (Å²) >= 11 is 0. The molecule has 0 saturated heterocycles. The molecule has 0 spiro atoms. The zero-order valence-electron chi connectivity index (χ0n) is 35.9. The van der Waals surface area contributed by atoms with Gasteiger partial charge < -0.3 is 20.1 Å². The molecule has 0 radical (unpaired) electrons. The Hall–Kier alpha value is -1.28. The van der Waals surface area contributed by atoms with Crippen LogP contribution < -0.4 is 5.73 Å². The van der Waals surface area contributed by atoms with E-state index in [1.165, 1.54) is 154 Å². The normalized spacial score (nSPS) is 13.7. The molecule has 0 heterocycles. The molecule has 0 bridgehead atoms. The average molecular weight is 798 g/mol. The number of phosphoric acid groups is 1. The second-order valence-electron chi connectivity index (χ2n) is 15.3. The molecule has 324 valence electrons. The Morgan fingerprint density at radius 1 is 0.545 bits per heavy atom. The van der Waals surface area contributed by atoms with Crippen LogP contribution in [0.25, 0.3) is 0 Å². The van der Waals surface area contributed by atoms with E-state index in [-0.39, 0.29) is 32.3 Å². The van der Waals surface area contributed by atoms with Crippen molar-refractivity contribution < 1.29 is 32.8 Å². The summed E-state index contributed by atoms with van der Waals surface area (Å²) in [6, 6.07) is 0. The molecular weight excluding hydrogens is 709 g/mol. The quantitative estimate of drug-likeness (QED) is 0.0271. The Labute approximate surface area is 339 Å². The van der Waals surface area contributed by atoms with Crippen LogP contribution in [0.3, 0.4) is 0 Å². The van der Waals surface area contributed by atoms with Gasteiger partial charge in [0.2, 0.25) is 0 Å². The van der Waals surface area contributed by atoms with Gasteiger partial charge in [-0.05, 0) is 70.6 Å². The highest BCUT2D eigenvalue weighted by atomic mass is 31.2. The molecule has 2 unspecified atom stereocenters. The minimum absolute atomic E-state index is 0.0974. The van der Waals surface area contributed by atoms with Crippen LogP contribution in [-0.2, 0) is 27.9 Å². The van der Waals surface area contributed by atoms with Gasteiger partial charge in [0, 0.05) is 19.6 Å². The van der Waals surface area contributed by atoms with Crippen LogP contribution in [0.2, 0.25) is 0 Å². The number of ether oxygens (including phenoxy) is 2. The number of nitrogens with two attached hydrogens (primary N) is 1. The molecule has 2 atom stereocenters. The lowest BCUT2D eigenvalue weighted by Gasteiger charge is -2.20. The number of carbonyl (C=O) groups is 1. The first-order chi connectivity index (χ1) is 26.9. The van der Waals surface area contributed by atoms with E-state index in [1.807, 2.05) is 0 Å². The zero-order valence-corrected chi connectivity index (χ0v) is 36.8. The maximum absolute atomic E-state index is 12.6. The third-order valence-corrected chi connectivity index (χ3v) is 10.8. The SMILES string of the molecule is CCCCC/C=C\C/C=C\CCCCCCCCCCOCC(COP(=O)(O)OCCN)OC(=O)CCCCCCCCC/C=C\CCCCCCCCC. The molecule has 0 aromatic heterocycles. The predicted molar refractivity (Wildman–Crippen MR) is 233 cm³/mol. The minimum Gasteiger partial charge on any atom is -0.457 e. The summed E-state index contributed by atoms with van der Waals surface area (Å²) in [5.41, 5.74) is 5.37. The molecule has 0 aromatic carbocycles. The average Bonchev–Trinajstić information content (AvgIpc) is 3.17. The number of phosphoric ester groups is 1. The molecule has 0 aliphatic rings.